The van der Waals surface area contributed by atoms with Gasteiger partial charge in [0.2, 0.25) is 5.78 Å². The average Bonchev–Trinajstić information content (AvgIpc) is 2.53. The van der Waals surface area contributed by atoms with Crippen molar-refractivity contribution in [3.05, 3.63) is 21.0 Å². The van der Waals surface area contributed by atoms with E-state index in [1.807, 2.05) is 0 Å². The van der Waals surface area contributed by atoms with Crippen LogP contribution in [0.2, 0.25) is 0 Å². The number of Topliss-reactive ketones (excluding diaryl/α,β-unsaturated/α-hetero) is 1. The van der Waals surface area contributed by atoms with Gasteiger partial charge in [-0.3, -0.25) is 4.79 Å². The van der Waals surface area contributed by atoms with Crippen LogP contribution in [-0.4, -0.2) is 5.78 Å². The normalized spacial score (nSPS) is 23.6. The highest BCUT2D eigenvalue weighted by atomic mass is 32.1. The summed E-state index contributed by atoms with van der Waals surface area (Å²) in [5.41, 5.74) is 2.28. The molecule has 0 aromatic carbocycles. The van der Waals surface area contributed by atoms with Gasteiger partial charge in [0.25, 0.3) is 0 Å². The molecule has 0 aliphatic heterocycles. The number of hydrogen-bond acceptors (Lipinski definition) is 3. The van der Waals surface area contributed by atoms with Crippen molar-refractivity contribution in [1.29, 1.82) is 0 Å². The van der Waals surface area contributed by atoms with Crippen LogP contribution in [0.4, 0.5) is 0 Å². The second kappa shape index (κ2) is 2.42. The van der Waals surface area contributed by atoms with Gasteiger partial charge in [0.1, 0.15) is 0 Å². The third-order valence-electron chi connectivity index (χ3n) is 2.22. The van der Waals surface area contributed by atoms with E-state index in [1.165, 1.54) is 0 Å². The number of carbonyl (C=O) groups is 1. The second-order valence-corrected chi connectivity index (χ2v) is 3.73. The smallest absolute Gasteiger partial charge is 0.205 e. The molecule has 0 spiro atoms. The van der Waals surface area contributed by atoms with Gasteiger partial charge in [0.05, 0.1) is 9.81 Å². The molecule has 0 N–H and O–H groups in total. The molecule has 3 heteroatoms. The fraction of sp³-hybridized carbons (Fsp3) is 0.375. The first-order valence-electron chi connectivity index (χ1n) is 3.61. The summed E-state index contributed by atoms with van der Waals surface area (Å²) in [5.74, 6) is 0.0152. The monoisotopic (exact) mass is 184 g/mol. The van der Waals surface area contributed by atoms with Gasteiger partial charge in [-0.25, -0.2) is 0 Å². The van der Waals surface area contributed by atoms with Gasteiger partial charge >= 0.3 is 0 Å². The lowest BCUT2D eigenvalue weighted by Crippen LogP contribution is -1.93. The van der Waals surface area contributed by atoms with Crippen molar-refractivity contribution < 1.29 is 4.79 Å². The van der Waals surface area contributed by atoms with Crippen molar-refractivity contribution in [3.8, 4) is 0 Å². The van der Waals surface area contributed by atoms with E-state index in [2.05, 4.69) is 25.3 Å². The molecule has 1 fully saturated rings. The summed E-state index contributed by atoms with van der Waals surface area (Å²) < 4.78 is 0. The Balaban J connectivity index is 2.57. The maximum Gasteiger partial charge on any atom is 0.205 e. The first kappa shape index (κ1) is 7.50. The van der Waals surface area contributed by atoms with E-state index in [0.717, 1.165) is 30.4 Å². The first-order valence-corrected chi connectivity index (χ1v) is 4.50. The number of carbonyl (C=O) groups excluding carboxylic acids is 1. The maximum absolute atomic E-state index is 11.3. The van der Waals surface area contributed by atoms with Crippen LogP contribution in [0.15, 0.2) is 21.0 Å². The quantitative estimate of drug-likeness (QED) is 0.551. The standard InChI is InChI=1S/C8H8OS2/c9-6-7(10)4-2-1-3-5(4)8(6)11/h1-3H2,(H2,9,10,11). The van der Waals surface area contributed by atoms with Crippen molar-refractivity contribution >= 4 is 31.0 Å². The molecule has 0 heterocycles. The van der Waals surface area contributed by atoms with Gasteiger partial charge in [-0.15, -0.1) is 25.3 Å². The molecule has 2 aliphatic rings. The molecule has 2 aliphatic carbocycles. The largest absolute Gasteiger partial charge is 0.287 e. The van der Waals surface area contributed by atoms with Gasteiger partial charge in [0, 0.05) is 0 Å². The van der Waals surface area contributed by atoms with Crippen molar-refractivity contribution in [2.75, 3.05) is 0 Å². The van der Waals surface area contributed by atoms with E-state index < -0.39 is 0 Å². The summed E-state index contributed by atoms with van der Waals surface area (Å²) in [5, 5.41) is 0. The van der Waals surface area contributed by atoms with Crippen LogP contribution in [0.25, 0.3) is 0 Å². The minimum absolute atomic E-state index is 0.0152. The molecule has 11 heavy (non-hydrogen) atoms. The SMILES string of the molecule is O=C1C(S)=C2CCCC2=C1S. The van der Waals surface area contributed by atoms with Gasteiger partial charge in [-0.2, -0.15) is 0 Å². The van der Waals surface area contributed by atoms with Crippen LogP contribution in [0.1, 0.15) is 19.3 Å². The Morgan fingerprint density at radius 1 is 1.00 bits per heavy atom. The van der Waals surface area contributed by atoms with E-state index >= 15 is 0 Å². The van der Waals surface area contributed by atoms with Crippen LogP contribution < -0.4 is 0 Å². The Bertz CT molecular complexity index is 271. The van der Waals surface area contributed by atoms with Crippen molar-refractivity contribution in [2.24, 2.45) is 0 Å². The molecule has 0 aromatic heterocycles. The number of thiol groups is 2. The average molecular weight is 184 g/mol. The van der Waals surface area contributed by atoms with Crippen LogP contribution in [0.5, 0.6) is 0 Å². The molecule has 0 saturated heterocycles. The van der Waals surface area contributed by atoms with Crippen molar-refractivity contribution in [2.45, 2.75) is 19.3 Å². The van der Waals surface area contributed by atoms with Gasteiger partial charge < -0.3 is 0 Å². The molecule has 1 saturated carbocycles. The molecule has 1 nitrogen and oxygen atoms in total. The summed E-state index contributed by atoms with van der Waals surface area (Å²) in [6, 6.07) is 0. The van der Waals surface area contributed by atoms with Gasteiger partial charge in [-0.1, -0.05) is 0 Å². The van der Waals surface area contributed by atoms with Crippen LogP contribution in [0, 0.1) is 0 Å². The lowest BCUT2D eigenvalue weighted by molar-refractivity contribution is -0.110. The van der Waals surface area contributed by atoms with E-state index in [-0.39, 0.29) is 5.78 Å². The third kappa shape index (κ3) is 0.908. The number of hydrogen-bond donors (Lipinski definition) is 2. The summed E-state index contributed by atoms with van der Waals surface area (Å²) >= 11 is 8.32. The fourth-order valence-electron chi connectivity index (χ4n) is 1.65. The Kier molecular flexibility index (Phi) is 1.65. The predicted molar refractivity (Wildman–Crippen MR) is 50.9 cm³/mol. The van der Waals surface area contributed by atoms with Gasteiger partial charge in [0.15, 0.2) is 0 Å². The molecule has 2 rings (SSSR count). The van der Waals surface area contributed by atoms with Gasteiger partial charge in [-0.05, 0) is 30.4 Å². The minimum Gasteiger partial charge on any atom is -0.287 e. The lowest BCUT2D eigenvalue weighted by Gasteiger charge is -1.91. The van der Waals surface area contributed by atoms with Crippen molar-refractivity contribution in [1.82, 2.24) is 0 Å². The Labute approximate surface area is 76.4 Å². The molecule has 0 amide bonds. The Hall–Kier alpha value is -0.150. The molecule has 58 valence electrons. The van der Waals surface area contributed by atoms with Crippen LogP contribution in [-0.2, 0) is 4.79 Å². The number of ketones is 1. The van der Waals surface area contributed by atoms with E-state index in [9.17, 15) is 4.79 Å². The molecule has 0 atom stereocenters. The summed E-state index contributed by atoms with van der Waals surface area (Å²) in [4.78, 5) is 12.5. The van der Waals surface area contributed by atoms with E-state index in [4.69, 9.17) is 0 Å². The summed E-state index contributed by atoms with van der Waals surface area (Å²) in [6.07, 6.45) is 3.15. The Morgan fingerprint density at radius 3 is 1.91 bits per heavy atom. The van der Waals surface area contributed by atoms with E-state index in [1.54, 1.807) is 0 Å². The van der Waals surface area contributed by atoms with Crippen molar-refractivity contribution in [3.63, 3.8) is 0 Å². The predicted octanol–water partition coefficient (Wildman–Crippen LogP) is 2.12. The van der Waals surface area contributed by atoms with E-state index in [0.29, 0.717) is 9.81 Å². The highest BCUT2D eigenvalue weighted by Gasteiger charge is 2.30. The maximum atomic E-state index is 11.3. The Morgan fingerprint density at radius 2 is 1.45 bits per heavy atom. The van der Waals surface area contributed by atoms with Crippen LogP contribution in [0.3, 0.4) is 0 Å². The highest BCUT2D eigenvalue weighted by Crippen LogP contribution is 2.43. The molecular weight excluding hydrogens is 176 g/mol. The number of fused-ring (bicyclic) bond motifs is 1. The number of allylic oxidation sites excluding steroid dienone is 4. The summed E-state index contributed by atoms with van der Waals surface area (Å²) in [6.45, 7) is 0. The molecule has 0 bridgehead atoms. The second-order valence-electron chi connectivity index (χ2n) is 2.84. The highest BCUT2D eigenvalue weighted by molar-refractivity contribution is 7.88. The van der Waals surface area contributed by atoms with Crippen LogP contribution >= 0.6 is 25.3 Å². The zero-order chi connectivity index (χ0) is 8.01. The first-order chi connectivity index (χ1) is 5.22. The fourth-order valence-corrected chi connectivity index (χ4v) is 2.46. The number of rotatable bonds is 0. The molecular formula is C8H8OS2. The molecule has 0 radical (unpaired) electrons. The zero-order valence-corrected chi connectivity index (χ0v) is 7.71. The lowest BCUT2D eigenvalue weighted by atomic mass is 10.2. The summed E-state index contributed by atoms with van der Waals surface area (Å²) in [7, 11) is 0. The minimum atomic E-state index is 0.0152. The molecule has 0 aromatic rings. The third-order valence-corrected chi connectivity index (χ3v) is 3.17. The zero-order valence-electron chi connectivity index (χ0n) is 5.92. The topological polar surface area (TPSA) is 17.1 Å². The molecule has 0 unspecified atom stereocenters.